The topological polar surface area (TPSA) is 92.8 Å². The molecule has 32 heavy (non-hydrogen) atoms. The Balaban J connectivity index is 1.42. The molecule has 1 aliphatic heterocycles. The maximum Gasteiger partial charge on any atom is 0.306 e. The van der Waals surface area contributed by atoms with Gasteiger partial charge in [0.1, 0.15) is 0 Å². The molecule has 1 aliphatic rings. The van der Waals surface area contributed by atoms with Gasteiger partial charge in [0, 0.05) is 19.5 Å². The molecular weight excluding hydrogens is 428 g/mol. The second-order valence-corrected chi connectivity index (χ2v) is 9.91. The fraction of sp³-hybridized carbons (Fsp3) is 0.417. The van der Waals surface area contributed by atoms with E-state index in [0.29, 0.717) is 19.5 Å². The molecule has 0 spiro atoms. The normalized spacial score (nSPS) is 15.7. The number of esters is 1. The third-order valence-electron chi connectivity index (χ3n) is 5.54. The van der Waals surface area contributed by atoms with Gasteiger partial charge in [-0.1, -0.05) is 48.9 Å². The van der Waals surface area contributed by atoms with Crippen molar-refractivity contribution in [3.63, 3.8) is 0 Å². The molecule has 1 unspecified atom stereocenters. The van der Waals surface area contributed by atoms with Crippen molar-refractivity contribution in [2.24, 2.45) is 0 Å². The van der Waals surface area contributed by atoms with Crippen LogP contribution in [0.3, 0.4) is 0 Å². The summed E-state index contributed by atoms with van der Waals surface area (Å²) in [6, 6.07) is 16.0. The van der Waals surface area contributed by atoms with E-state index >= 15 is 0 Å². The molecule has 172 valence electrons. The Bertz CT molecular complexity index is 1000. The Morgan fingerprint density at radius 1 is 1.00 bits per heavy atom. The van der Waals surface area contributed by atoms with Crippen LogP contribution >= 0.6 is 0 Å². The monoisotopic (exact) mass is 458 g/mol. The van der Waals surface area contributed by atoms with Crippen LogP contribution in [0, 0.1) is 0 Å². The first-order valence-corrected chi connectivity index (χ1v) is 12.4. The molecule has 1 N–H and O–H groups in total. The summed E-state index contributed by atoms with van der Waals surface area (Å²) in [6.07, 6.45) is 3.37. The minimum absolute atomic E-state index is 0.111. The lowest BCUT2D eigenvalue weighted by molar-refractivity contribution is -0.148. The molecule has 1 amide bonds. The van der Waals surface area contributed by atoms with Gasteiger partial charge in [0.15, 0.2) is 6.61 Å². The highest BCUT2D eigenvalue weighted by Gasteiger charge is 2.25. The van der Waals surface area contributed by atoms with Crippen LogP contribution in [0.5, 0.6) is 0 Å². The number of rotatable bonds is 9. The lowest BCUT2D eigenvalue weighted by atomic mass is 10.1. The highest BCUT2D eigenvalue weighted by Crippen LogP contribution is 2.21. The molecule has 7 nitrogen and oxygen atoms in total. The van der Waals surface area contributed by atoms with Crippen LogP contribution in [0.2, 0.25) is 0 Å². The van der Waals surface area contributed by atoms with E-state index in [0.717, 1.165) is 30.4 Å². The van der Waals surface area contributed by atoms with Gasteiger partial charge in [-0.2, -0.15) is 4.31 Å². The zero-order valence-electron chi connectivity index (χ0n) is 18.3. The Morgan fingerprint density at radius 2 is 1.66 bits per heavy atom. The molecule has 1 saturated heterocycles. The molecule has 2 aromatic carbocycles. The van der Waals surface area contributed by atoms with Gasteiger partial charge >= 0.3 is 5.97 Å². The van der Waals surface area contributed by atoms with Crippen LogP contribution in [-0.4, -0.2) is 44.3 Å². The summed E-state index contributed by atoms with van der Waals surface area (Å²) >= 11 is 0. The summed E-state index contributed by atoms with van der Waals surface area (Å²) in [5.41, 5.74) is 1.81. The van der Waals surface area contributed by atoms with Gasteiger partial charge < -0.3 is 10.1 Å². The van der Waals surface area contributed by atoms with Crippen LogP contribution in [-0.2, 0) is 30.8 Å². The standard InChI is InChI=1S/C24H30N2O5S/c1-19(21-8-4-2-5-9-21)25-23(27)18-31-24(28)15-12-20-10-13-22(14-11-20)32(29,30)26-16-6-3-7-17-26/h2,4-5,8-11,13-14,19H,3,6-7,12,15-18H2,1H3,(H,25,27). The van der Waals surface area contributed by atoms with E-state index in [1.807, 2.05) is 37.3 Å². The van der Waals surface area contributed by atoms with Crippen molar-refractivity contribution in [2.45, 2.75) is 50.0 Å². The van der Waals surface area contributed by atoms with Crippen LogP contribution in [0.25, 0.3) is 0 Å². The number of ether oxygens (including phenoxy) is 1. The predicted molar refractivity (Wildman–Crippen MR) is 121 cm³/mol. The van der Waals surface area contributed by atoms with Crippen molar-refractivity contribution in [3.8, 4) is 0 Å². The number of benzene rings is 2. The van der Waals surface area contributed by atoms with Gasteiger partial charge in [-0.3, -0.25) is 9.59 Å². The van der Waals surface area contributed by atoms with Gasteiger partial charge in [0.25, 0.3) is 5.91 Å². The van der Waals surface area contributed by atoms with Crippen molar-refractivity contribution in [1.29, 1.82) is 0 Å². The zero-order chi connectivity index (χ0) is 23.0. The first kappa shape index (κ1) is 23.9. The molecule has 3 rings (SSSR count). The van der Waals surface area contributed by atoms with Crippen LogP contribution in [0.15, 0.2) is 59.5 Å². The van der Waals surface area contributed by atoms with Crippen molar-refractivity contribution in [3.05, 3.63) is 65.7 Å². The number of carbonyl (C=O) groups is 2. The summed E-state index contributed by atoms with van der Waals surface area (Å²) in [5.74, 6) is -0.834. The van der Waals surface area contributed by atoms with Gasteiger partial charge in [0.2, 0.25) is 10.0 Å². The molecule has 1 fully saturated rings. The quantitative estimate of drug-likeness (QED) is 0.583. The van der Waals surface area contributed by atoms with E-state index in [1.165, 1.54) is 4.31 Å². The fourth-order valence-electron chi connectivity index (χ4n) is 3.66. The molecular formula is C24H30N2O5S. The highest BCUT2D eigenvalue weighted by molar-refractivity contribution is 7.89. The summed E-state index contributed by atoms with van der Waals surface area (Å²) in [6.45, 7) is 2.66. The van der Waals surface area contributed by atoms with E-state index in [2.05, 4.69) is 5.32 Å². The predicted octanol–water partition coefficient (Wildman–Crippen LogP) is 3.21. The van der Waals surface area contributed by atoms with Crippen LogP contribution < -0.4 is 5.32 Å². The summed E-state index contributed by atoms with van der Waals surface area (Å²) in [7, 11) is -3.46. The fourth-order valence-corrected chi connectivity index (χ4v) is 5.17. The van der Waals surface area contributed by atoms with Gasteiger partial charge in [-0.15, -0.1) is 0 Å². The van der Waals surface area contributed by atoms with Gasteiger partial charge in [-0.25, -0.2) is 8.42 Å². The van der Waals surface area contributed by atoms with E-state index in [-0.39, 0.29) is 29.9 Å². The Hall–Kier alpha value is -2.71. The van der Waals surface area contributed by atoms with E-state index < -0.39 is 16.0 Å². The zero-order valence-corrected chi connectivity index (χ0v) is 19.1. The third-order valence-corrected chi connectivity index (χ3v) is 7.45. The van der Waals surface area contributed by atoms with Crippen molar-refractivity contribution in [1.82, 2.24) is 9.62 Å². The SMILES string of the molecule is CC(NC(=O)COC(=O)CCc1ccc(S(=O)(=O)N2CCCCC2)cc1)c1ccccc1. The second-order valence-electron chi connectivity index (χ2n) is 7.97. The maximum atomic E-state index is 12.7. The molecule has 0 aliphatic carbocycles. The molecule has 1 atom stereocenters. The first-order valence-electron chi connectivity index (χ1n) is 11.0. The molecule has 1 heterocycles. The number of hydrogen-bond acceptors (Lipinski definition) is 5. The minimum atomic E-state index is -3.46. The molecule has 8 heteroatoms. The van der Waals surface area contributed by atoms with Crippen LogP contribution in [0.1, 0.15) is 49.8 Å². The number of hydrogen-bond donors (Lipinski definition) is 1. The van der Waals surface area contributed by atoms with Crippen molar-refractivity contribution >= 4 is 21.9 Å². The Kier molecular flexibility index (Phi) is 8.41. The highest BCUT2D eigenvalue weighted by atomic mass is 32.2. The molecule has 0 aromatic heterocycles. The second kappa shape index (κ2) is 11.2. The summed E-state index contributed by atoms with van der Waals surface area (Å²) in [4.78, 5) is 24.3. The smallest absolute Gasteiger partial charge is 0.306 e. The lowest BCUT2D eigenvalue weighted by Gasteiger charge is -2.25. The molecule has 2 aromatic rings. The maximum absolute atomic E-state index is 12.7. The van der Waals surface area contributed by atoms with Gasteiger partial charge in [-0.05, 0) is 49.4 Å². The number of aryl methyl sites for hydroxylation is 1. The third kappa shape index (κ3) is 6.64. The number of nitrogens with zero attached hydrogens (tertiary/aromatic N) is 1. The number of sulfonamides is 1. The summed E-state index contributed by atoms with van der Waals surface area (Å²) < 4.78 is 32.0. The van der Waals surface area contributed by atoms with Gasteiger partial charge in [0.05, 0.1) is 10.9 Å². The summed E-state index contributed by atoms with van der Waals surface area (Å²) in [5, 5.41) is 2.80. The largest absolute Gasteiger partial charge is 0.456 e. The minimum Gasteiger partial charge on any atom is -0.456 e. The van der Waals surface area contributed by atoms with E-state index in [9.17, 15) is 18.0 Å². The lowest BCUT2D eigenvalue weighted by Crippen LogP contribution is -2.35. The molecule has 0 radical (unpaired) electrons. The average Bonchev–Trinajstić information content (AvgIpc) is 2.82. The van der Waals surface area contributed by atoms with Crippen molar-refractivity contribution < 1.29 is 22.7 Å². The number of amides is 1. The Labute approximate surface area is 189 Å². The molecule has 0 saturated carbocycles. The molecule has 0 bridgehead atoms. The first-order chi connectivity index (χ1) is 15.4. The number of carbonyl (C=O) groups excluding carboxylic acids is 2. The average molecular weight is 459 g/mol. The number of nitrogens with one attached hydrogen (secondary N) is 1. The number of piperidine rings is 1. The van der Waals surface area contributed by atoms with E-state index in [4.69, 9.17) is 4.74 Å². The van der Waals surface area contributed by atoms with E-state index in [1.54, 1.807) is 24.3 Å². The van der Waals surface area contributed by atoms with Crippen molar-refractivity contribution in [2.75, 3.05) is 19.7 Å². The van der Waals surface area contributed by atoms with Crippen LogP contribution in [0.4, 0.5) is 0 Å². The Morgan fingerprint density at radius 3 is 2.31 bits per heavy atom.